The quantitative estimate of drug-likeness (QED) is 0.420. The summed E-state index contributed by atoms with van der Waals surface area (Å²) in [5.74, 6) is 0.519. The maximum absolute atomic E-state index is 11.6. The van der Waals surface area contributed by atoms with Gasteiger partial charge in [0.2, 0.25) is 0 Å². The van der Waals surface area contributed by atoms with Gasteiger partial charge in [-0.2, -0.15) is 6.16 Å². The Bertz CT molecular complexity index is 344. The van der Waals surface area contributed by atoms with Crippen molar-refractivity contribution in [2.24, 2.45) is 0 Å². The molecule has 2 nitrogen and oxygen atoms in total. The number of ketones is 1. The van der Waals surface area contributed by atoms with Gasteiger partial charge in [0, 0.05) is 0 Å². The van der Waals surface area contributed by atoms with Crippen molar-refractivity contribution >= 4 is 26.6 Å². The van der Waals surface area contributed by atoms with E-state index in [-0.39, 0.29) is 24.6 Å². The van der Waals surface area contributed by atoms with Gasteiger partial charge in [-0.1, -0.05) is 17.7 Å². The second-order valence-corrected chi connectivity index (χ2v) is 3.65. The molecule has 1 rings (SSSR count). The molecule has 0 spiro atoms. The minimum absolute atomic E-state index is 0. The van der Waals surface area contributed by atoms with E-state index in [1.807, 2.05) is 0 Å². The number of rotatable bonds is 4. The van der Waals surface area contributed by atoms with E-state index in [9.17, 15) is 4.79 Å². The SMILES string of the molecule is COc1cccc(Cl)c1C(=O)CC[PH-].[Li+]. The van der Waals surface area contributed by atoms with Crippen molar-refractivity contribution in [1.82, 2.24) is 0 Å². The molecule has 0 heterocycles. The third-order valence-electron chi connectivity index (χ3n) is 1.83. The van der Waals surface area contributed by atoms with Crippen LogP contribution in [0.25, 0.3) is 0 Å². The molecule has 0 amide bonds. The molecule has 0 bridgehead atoms. The topological polar surface area (TPSA) is 26.3 Å². The van der Waals surface area contributed by atoms with Gasteiger partial charge in [-0.25, -0.2) is 0 Å². The van der Waals surface area contributed by atoms with Crippen LogP contribution in [0.3, 0.4) is 0 Å². The van der Waals surface area contributed by atoms with Gasteiger partial charge in [0.15, 0.2) is 5.78 Å². The average molecular weight is 237 g/mol. The molecule has 76 valence electrons. The summed E-state index contributed by atoms with van der Waals surface area (Å²) in [5, 5.41) is 0.439. The number of carbonyl (C=O) groups excluding carboxylic acids is 1. The smallest absolute Gasteiger partial charge is 0.558 e. The van der Waals surface area contributed by atoms with Gasteiger partial charge in [0.25, 0.3) is 0 Å². The summed E-state index contributed by atoms with van der Waals surface area (Å²) in [5.41, 5.74) is 0.468. The van der Waals surface area contributed by atoms with Crippen molar-refractivity contribution in [1.29, 1.82) is 0 Å². The third-order valence-corrected chi connectivity index (χ3v) is 2.39. The van der Waals surface area contributed by atoms with Gasteiger partial charge in [0.05, 0.1) is 17.7 Å². The first-order valence-corrected chi connectivity index (χ1v) is 5.29. The molecule has 0 aliphatic heterocycles. The normalized spacial score (nSPS) is 9.27. The molecule has 0 atom stereocenters. The van der Waals surface area contributed by atoms with Crippen LogP contribution >= 0.6 is 20.8 Å². The molecule has 0 saturated heterocycles. The van der Waals surface area contributed by atoms with Gasteiger partial charge in [-0.15, -0.1) is 0 Å². The summed E-state index contributed by atoms with van der Waals surface area (Å²) in [6.45, 7) is 0. The number of methoxy groups -OCH3 is 1. The molecule has 1 aromatic rings. The Morgan fingerprint density at radius 1 is 1.53 bits per heavy atom. The molecule has 0 radical (unpaired) electrons. The van der Waals surface area contributed by atoms with Crippen molar-refractivity contribution < 1.29 is 28.4 Å². The zero-order valence-electron chi connectivity index (χ0n) is 8.84. The van der Waals surface area contributed by atoms with Gasteiger partial charge >= 0.3 is 18.9 Å². The minimum atomic E-state index is -0.0116. The number of halogens is 1. The van der Waals surface area contributed by atoms with E-state index in [0.29, 0.717) is 28.9 Å². The summed E-state index contributed by atoms with van der Waals surface area (Å²) in [6.07, 6.45) is 1.03. The van der Waals surface area contributed by atoms with E-state index in [0.717, 1.165) is 0 Å². The van der Waals surface area contributed by atoms with Crippen LogP contribution in [0, 0.1) is 0 Å². The molecule has 15 heavy (non-hydrogen) atoms. The number of Topliss-reactive ketones (excluding diaryl/α,β-unsaturated/α-hetero) is 1. The van der Waals surface area contributed by atoms with Crippen LogP contribution in [0.15, 0.2) is 18.2 Å². The first-order valence-electron chi connectivity index (χ1n) is 4.21. The number of ether oxygens (including phenoxy) is 1. The van der Waals surface area contributed by atoms with Crippen molar-refractivity contribution in [3.8, 4) is 5.75 Å². The fraction of sp³-hybridized carbons (Fsp3) is 0.300. The molecule has 1 aromatic carbocycles. The minimum Gasteiger partial charge on any atom is -0.558 e. The Morgan fingerprint density at radius 3 is 2.73 bits per heavy atom. The summed E-state index contributed by atoms with van der Waals surface area (Å²) in [7, 11) is 4.78. The maximum atomic E-state index is 11.6. The van der Waals surface area contributed by atoms with E-state index in [1.165, 1.54) is 7.11 Å². The van der Waals surface area contributed by atoms with E-state index in [1.54, 1.807) is 18.2 Å². The molecule has 0 aliphatic carbocycles. The van der Waals surface area contributed by atoms with Crippen LogP contribution in [0.4, 0.5) is 0 Å². The molecule has 5 heteroatoms. The molecule has 0 aliphatic rings. The molecule has 0 aromatic heterocycles. The van der Waals surface area contributed by atoms with Crippen molar-refractivity contribution in [3.05, 3.63) is 28.8 Å². The number of hydrogen-bond donors (Lipinski definition) is 0. The van der Waals surface area contributed by atoms with Crippen LogP contribution in [-0.4, -0.2) is 19.1 Å². The van der Waals surface area contributed by atoms with E-state index in [2.05, 4.69) is 9.24 Å². The van der Waals surface area contributed by atoms with Gasteiger partial charge in [-0.05, 0) is 18.6 Å². The molecule has 0 saturated carbocycles. The Labute approximate surface area is 109 Å². The fourth-order valence-corrected chi connectivity index (χ4v) is 1.68. The summed E-state index contributed by atoms with van der Waals surface area (Å²) >= 11 is 5.92. The van der Waals surface area contributed by atoms with E-state index in [4.69, 9.17) is 16.3 Å². The third kappa shape index (κ3) is 3.82. The number of hydrogen-bond acceptors (Lipinski definition) is 2. The first kappa shape index (κ1) is 15.0. The van der Waals surface area contributed by atoms with Crippen LogP contribution < -0.4 is 23.6 Å². The fourth-order valence-electron chi connectivity index (χ4n) is 1.18. The Kier molecular flexibility index (Phi) is 7.31. The van der Waals surface area contributed by atoms with Gasteiger partial charge in [-0.3, -0.25) is 4.79 Å². The maximum Gasteiger partial charge on any atom is 1.00 e. The van der Waals surface area contributed by atoms with Gasteiger partial charge < -0.3 is 14.0 Å². The second kappa shape index (κ2) is 7.31. The molecular formula is C10H11ClLiO2P. The predicted octanol–water partition coefficient (Wildman–Crippen LogP) is 0.0682. The molecule has 0 N–H and O–H groups in total. The summed E-state index contributed by atoms with van der Waals surface area (Å²) < 4.78 is 5.07. The number of benzene rings is 1. The van der Waals surface area contributed by atoms with Crippen molar-refractivity contribution in [2.45, 2.75) is 6.42 Å². The Hall–Kier alpha value is 0.00740. The van der Waals surface area contributed by atoms with E-state index >= 15 is 0 Å². The Balaban J connectivity index is 0.00000196. The molecule has 0 unspecified atom stereocenters. The standard InChI is InChI=1S/C10H11ClO2P.Li/c1-13-9-4-2-3-7(11)10(9)8(12)5-6-14;/h2-4,14H,5-6H2,1H3;/q-1;+1. The zero-order chi connectivity index (χ0) is 10.6. The Morgan fingerprint density at radius 2 is 2.20 bits per heavy atom. The summed E-state index contributed by atoms with van der Waals surface area (Å²) in [4.78, 5) is 11.6. The first-order chi connectivity index (χ1) is 6.70. The van der Waals surface area contributed by atoms with Crippen LogP contribution in [0.1, 0.15) is 16.8 Å². The molecular weight excluding hydrogens is 225 g/mol. The second-order valence-electron chi connectivity index (χ2n) is 2.74. The van der Waals surface area contributed by atoms with E-state index < -0.39 is 0 Å². The molecule has 0 fully saturated rings. The summed E-state index contributed by atoms with van der Waals surface area (Å²) in [6, 6.07) is 5.17. The zero-order valence-corrected chi connectivity index (χ0v) is 10.6. The van der Waals surface area contributed by atoms with Crippen LogP contribution in [-0.2, 0) is 0 Å². The predicted molar refractivity (Wildman–Crippen MR) is 60.1 cm³/mol. The monoisotopic (exact) mass is 236 g/mol. The number of carbonyl (C=O) groups is 1. The average Bonchev–Trinajstić information content (AvgIpc) is 2.17. The van der Waals surface area contributed by atoms with Crippen LogP contribution in [0.5, 0.6) is 5.75 Å². The van der Waals surface area contributed by atoms with Crippen molar-refractivity contribution in [2.75, 3.05) is 13.3 Å². The van der Waals surface area contributed by atoms with Crippen LogP contribution in [0.2, 0.25) is 5.02 Å². The van der Waals surface area contributed by atoms with Crippen molar-refractivity contribution in [3.63, 3.8) is 0 Å². The largest absolute Gasteiger partial charge is 1.00 e. The van der Waals surface area contributed by atoms with Gasteiger partial charge in [0.1, 0.15) is 5.75 Å².